The van der Waals surface area contributed by atoms with Gasteiger partial charge in [0.2, 0.25) is 5.91 Å². The molecule has 0 saturated carbocycles. The number of furan rings is 1. The van der Waals surface area contributed by atoms with Gasteiger partial charge < -0.3 is 14.1 Å². The SMILES string of the molecule is CCOc1ccc2c(c1)[C@]1(C(=O)N2C)N(C)C[C@H](c2cccnc2)[C@]12SC(=S)N(Cc1ccco1)C2=O. The van der Waals surface area contributed by atoms with Gasteiger partial charge in [0, 0.05) is 43.2 Å². The minimum absolute atomic E-state index is 0.159. The van der Waals surface area contributed by atoms with Crippen molar-refractivity contribution in [3.05, 3.63) is 78.0 Å². The highest BCUT2D eigenvalue weighted by Gasteiger charge is 2.78. The maximum absolute atomic E-state index is 14.8. The van der Waals surface area contributed by atoms with E-state index in [2.05, 4.69) is 4.98 Å². The third-order valence-corrected chi connectivity index (χ3v) is 9.66. The summed E-state index contributed by atoms with van der Waals surface area (Å²) in [5.41, 5.74) is 1.10. The van der Waals surface area contributed by atoms with Crippen LogP contribution < -0.4 is 9.64 Å². The fourth-order valence-corrected chi connectivity index (χ4v) is 8.34. The number of amides is 2. The van der Waals surface area contributed by atoms with E-state index in [1.54, 1.807) is 41.6 Å². The molecule has 6 rings (SSSR count). The number of nitrogens with zero attached hydrogens (tertiary/aromatic N) is 4. The van der Waals surface area contributed by atoms with Gasteiger partial charge in [0.05, 0.1) is 19.4 Å². The summed E-state index contributed by atoms with van der Waals surface area (Å²) in [7, 11) is 3.68. The molecule has 2 spiro atoms. The number of thiocarbonyl (C=S) groups is 1. The fourth-order valence-electron chi connectivity index (χ4n) is 6.21. The summed E-state index contributed by atoms with van der Waals surface area (Å²) in [4.78, 5) is 38.8. The lowest BCUT2D eigenvalue weighted by Gasteiger charge is -2.42. The molecule has 1 aromatic carbocycles. The number of likely N-dealkylation sites (N-methyl/N-ethyl adjacent to an activating group) is 2. The summed E-state index contributed by atoms with van der Waals surface area (Å²) < 4.78 is 10.6. The Morgan fingerprint density at radius 1 is 1.19 bits per heavy atom. The largest absolute Gasteiger partial charge is 0.494 e. The molecule has 3 aromatic rings. The Kier molecular flexibility index (Phi) is 5.66. The quantitative estimate of drug-likeness (QED) is 0.458. The first-order valence-corrected chi connectivity index (χ1v) is 13.3. The van der Waals surface area contributed by atoms with Crippen molar-refractivity contribution in [2.75, 3.05) is 32.1 Å². The minimum atomic E-state index is -1.30. The standard InChI is InChI=1S/C27H26N4O4S2/c1-4-34-18-9-10-22-20(13-18)26(23(32)30(22)3)27(21(16-29(26)2)17-7-5-11-28-14-17)24(33)31(25(36)37-27)15-19-8-6-12-35-19/h5-14,21H,4,15-16H2,1-3H3/t21-,26-,27-/m1/s1. The molecule has 3 aliphatic rings. The highest BCUT2D eigenvalue weighted by molar-refractivity contribution is 8.25. The first kappa shape index (κ1) is 24.1. The molecule has 37 heavy (non-hydrogen) atoms. The molecule has 5 heterocycles. The van der Waals surface area contributed by atoms with Gasteiger partial charge in [-0.15, -0.1) is 0 Å². The third kappa shape index (κ3) is 3.12. The Labute approximate surface area is 224 Å². The number of hydrogen-bond acceptors (Lipinski definition) is 8. The number of carbonyl (C=O) groups is 2. The van der Waals surface area contributed by atoms with E-state index in [1.807, 2.05) is 55.3 Å². The molecule has 10 heteroatoms. The van der Waals surface area contributed by atoms with E-state index in [0.717, 1.165) is 16.8 Å². The Morgan fingerprint density at radius 2 is 2.03 bits per heavy atom. The summed E-state index contributed by atoms with van der Waals surface area (Å²) in [6.45, 7) is 3.08. The van der Waals surface area contributed by atoms with Crippen molar-refractivity contribution in [3.8, 4) is 5.75 Å². The van der Waals surface area contributed by atoms with E-state index in [0.29, 0.717) is 29.0 Å². The van der Waals surface area contributed by atoms with Crippen LogP contribution in [0.25, 0.3) is 0 Å². The van der Waals surface area contributed by atoms with E-state index in [-0.39, 0.29) is 24.3 Å². The van der Waals surface area contributed by atoms with E-state index in [4.69, 9.17) is 21.4 Å². The second kappa shape index (κ2) is 8.68. The number of pyridine rings is 1. The van der Waals surface area contributed by atoms with Gasteiger partial charge in [0.1, 0.15) is 20.6 Å². The zero-order valence-corrected chi connectivity index (χ0v) is 22.3. The lowest BCUT2D eigenvalue weighted by Crippen LogP contribution is -2.62. The lowest BCUT2D eigenvalue weighted by molar-refractivity contribution is -0.139. The molecule has 0 radical (unpaired) electrons. The number of rotatable bonds is 5. The van der Waals surface area contributed by atoms with Gasteiger partial charge in [0.25, 0.3) is 5.91 Å². The molecular weight excluding hydrogens is 508 g/mol. The van der Waals surface area contributed by atoms with Gasteiger partial charge in [-0.05, 0) is 55.9 Å². The van der Waals surface area contributed by atoms with Crippen molar-refractivity contribution in [2.24, 2.45) is 0 Å². The van der Waals surface area contributed by atoms with E-state index >= 15 is 0 Å². The molecule has 2 aromatic heterocycles. The number of likely N-dealkylation sites (tertiary alicyclic amines) is 1. The number of aromatic nitrogens is 1. The molecule has 8 nitrogen and oxygen atoms in total. The maximum Gasteiger partial charge on any atom is 0.254 e. The van der Waals surface area contributed by atoms with Gasteiger partial charge in [-0.2, -0.15) is 0 Å². The third-order valence-electron chi connectivity index (χ3n) is 7.71. The van der Waals surface area contributed by atoms with Crippen molar-refractivity contribution < 1.29 is 18.7 Å². The highest BCUT2D eigenvalue weighted by Crippen LogP contribution is 2.66. The summed E-state index contributed by atoms with van der Waals surface area (Å²) in [6.07, 6.45) is 5.07. The molecular formula is C27H26N4O4S2. The average molecular weight is 535 g/mol. The first-order valence-electron chi connectivity index (χ1n) is 12.1. The zero-order chi connectivity index (χ0) is 25.9. The Hall–Kier alpha value is -3.21. The maximum atomic E-state index is 14.8. The smallest absolute Gasteiger partial charge is 0.254 e. The monoisotopic (exact) mass is 534 g/mol. The van der Waals surface area contributed by atoms with Crippen molar-refractivity contribution in [1.29, 1.82) is 0 Å². The second-order valence-corrected chi connectivity index (χ2v) is 11.4. The summed E-state index contributed by atoms with van der Waals surface area (Å²) in [6, 6.07) is 13.1. The second-order valence-electron chi connectivity index (χ2n) is 9.48. The summed E-state index contributed by atoms with van der Waals surface area (Å²) in [5, 5.41) is 0. The average Bonchev–Trinajstić information content (AvgIpc) is 3.62. The number of thioether (sulfide) groups is 1. The number of ether oxygens (including phenoxy) is 1. The van der Waals surface area contributed by atoms with Crippen LogP contribution in [-0.2, 0) is 21.7 Å². The zero-order valence-electron chi connectivity index (χ0n) is 20.7. The van der Waals surface area contributed by atoms with Crippen molar-refractivity contribution in [2.45, 2.75) is 29.7 Å². The number of benzene rings is 1. The van der Waals surface area contributed by atoms with Crippen LogP contribution in [0.4, 0.5) is 5.69 Å². The predicted molar refractivity (Wildman–Crippen MR) is 144 cm³/mol. The van der Waals surface area contributed by atoms with Crippen molar-refractivity contribution >= 4 is 45.8 Å². The van der Waals surface area contributed by atoms with Gasteiger partial charge in [0.15, 0.2) is 5.54 Å². The number of fused-ring (bicyclic) bond motifs is 3. The van der Waals surface area contributed by atoms with Crippen molar-refractivity contribution in [3.63, 3.8) is 0 Å². The van der Waals surface area contributed by atoms with Gasteiger partial charge >= 0.3 is 0 Å². The van der Waals surface area contributed by atoms with Crippen LogP contribution in [0.15, 0.2) is 65.5 Å². The van der Waals surface area contributed by atoms with Crippen LogP contribution in [-0.4, -0.2) is 62.9 Å². The molecule has 3 aliphatic heterocycles. The normalized spacial score (nSPS) is 27.2. The molecule has 2 fully saturated rings. The van der Waals surface area contributed by atoms with E-state index < -0.39 is 10.3 Å². The first-order chi connectivity index (χ1) is 17.9. The fraction of sp³-hybridized carbons (Fsp3) is 0.333. The highest BCUT2D eigenvalue weighted by atomic mass is 32.2. The molecule has 2 amide bonds. The van der Waals surface area contributed by atoms with Crippen LogP contribution in [0.5, 0.6) is 5.75 Å². The number of anilines is 1. The van der Waals surface area contributed by atoms with Crippen LogP contribution >= 0.6 is 24.0 Å². The van der Waals surface area contributed by atoms with Crippen LogP contribution in [0.1, 0.15) is 29.7 Å². The van der Waals surface area contributed by atoms with Gasteiger partial charge in [-0.3, -0.25) is 24.4 Å². The summed E-state index contributed by atoms with van der Waals surface area (Å²) in [5.74, 6) is 0.576. The lowest BCUT2D eigenvalue weighted by atomic mass is 9.72. The molecule has 2 saturated heterocycles. The molecule has 0 unspecified atom stereocenters. The number of carbonyl (C=O) groups excluding carboxylic acids is 2. The number of hydrogen-bond donors (Lipinski definition) is 0. The topological polar surface area (TPSA) is 79.1 Å². The van der Waals surface area contributed by atoms with Crippen molar-refractivity contribution in [1.82, 2.24) is 14.8 Å². The van der Waals surface area contributed by atoms with Crippen LogP contribution in [0, 0.1) is 0 Å². The molecule has 3 atom stereocenters. The Morgan fingerprint density at radius 3 is 2.73 bits per heavy atom. The Balaban J connectivity index is 1.61. The van der Waals surface area contributed by atoms with Crippen LogP contribution in [0.2, 0.25) is 0 Å². The molecule has 0 N–H and O–H groups in total. The molecule has 0 bridgehead atoms. The van der Waals surface area contributed by atoms with Crippen LogP contribution in [0.3, 0.4) is 0 Å². The van der Waals surface area contributed by atoms with Gasteiger partial charge in [-0.1, -0.05) is 30.0 Å². The van der Waals surface area contributed by atoms with E-state index in [1.165, 1.54) is 11.8 Å². The predicted octanol–water partition coefficient (Wildman–Crippen LogP) is 3.77. The van der Waals surface area contributed by atoms with E-state index in [9.17, 15) is 9.59 Å². The molecule has 0 aliphatic carbocycles. The minimum Gasteiger partial charge on any atom is -0.494 e. The van der Waals surface area contributed by atoms with Gasteiger partial charge in [-0.25, -0.2) is 0 Å². The Bertz CT molecular complexity index is 1400. The summed E-state index contributed by atoms with van der Waals surface area (Å²) >= 11 is 7.15. The molecule has 190 valence electrons.